The average molecular weight is 384 g/mol. The molecule has 0 spiro atoms. The first kappa shape index (κ1) is 19.3. The fraction of sp³-hybridized carbons (Fsp3) is 0.381. The normalized spacial score (nSPS) is 12.4. The van der Waals surface area contributed by atoms with Crippen LogP contribution < -0.4 is 10.9 Å². The highest BCUT2D eigenvalue weighted by molar-refractivity contribution is 7.16. The van der Waals surface area contributed by atoms with Crippen LogP contribution in [0.5, 0.6) is 0 Å². The Morgan fingerprint density at radius 3 is 2.63 bits per heavy atom. The van der Waals surface area contributed by atoms with Crippen molar-refractivity contribution in [3.8, 4) is 0 Å². The summed E-state index contributed by atoms with van der Waals surface area (Å²) in [5.41, 5.74) is 2.29. The lowest BCUT2D eigenvalue weighted by Gasteiger charge is -2.23. The van der Waals surface area contributed by atoms with E-state index >= 15 is 0 Å². The van der Waals surface area contributed by atoms with Gasteiger partial charge in [-0.3, -0.25) is 14.2 Å². The van der Waals surface area contributed by atoms with Crippen molar-refractivity contribution in [1.82, 2.24) is 14.9 Å². The molecule has 1 amide bonds. The summed E-state index contributed by atoms with van der Waals surface area (Å²) < 4.78 is 1.51. The molecule has 0 aliphatic heterocycles. The fourth-order valence-electron chi connectivity index (χ4n) is 3.12. The van der Waals surface area contributed by atoms with Crippen molar-refractivity contribution in [3.63, 3.8) is 0 Å². The van der Waals surface area contributed by atoms with Gasteiger partial charge in [-0.1, -0.05) is 45.0 Å². The van der Waals surface area contributed by atoms with Crippen molar-refractivity contribution in [2.75, 3.05) is 0 Å². The molecule has 1 aromatic carbocycles. The van der Waals surface area contributed by atoms with Crippen LogP contribution in [0.15, 0.2) is 46.8 Å². The molecule has 0 radical (unpaired) electrons. The highest BCUT2D eigenvalue weighted by Gasteiger charge is 2.18. The number of hydrogen-bond donors (Lipinski definition) is 1. The minimum Gasteiger partial charge on any atom is -0.349 e. The third-order valence-corrected chi connectivity index (χ3v) is 5.58. The van der Waals surface area contributed by atoms with E-state index in [1.807, 2.05) is 5.38 Å². The Kier molecular flexibility index (Phi) is 6.06. The molecular formula is C21H25N3O2S. The van der Waals surface area contributed by atoms with Crippen LogP contribution in [0.25, 0.3) is 10.2 Å². The minimum atomic E-state index is -0.0930. The van der Waals surface area contributed by atoms with E-state index in [-0.39, 0.29) is 29.8 Å². The summed E-state index contributed by atoms with van der Waals surface area (Å²) in [7, 11) is 0. The number of rotatable bonds is 7. The molecule has 2 heterocycles. The molecule has 27 heavy (non-hydrogen) atoms. The zero-order chi connectivity index (χ0) is 19.4. The number of benzene rings is 1. The van der Waals surface area contributed by atoms with E-state index in [1.54, 1.807) is 6.07 Å². The largest absolute Gasteiger partial charge is 0.349 e. The second-order valence-electron chi connectivity index (χ2n) is 7.02. The van der Waals surface area contributed by atoms with Gasteiger partial charge in [0.1, 0.15) is 4.83 Å². The summed E-state index contributed by atoms with van der Waals surface area (Å²) in [6.07, 6.45) is 2.77. The molecule has 0 aliphatic rings. The van der Waals surface area contributed by atoms with Crippen LogP contribution in [-0.2, 0) is 17.8 Å². The van der Waals surface area contributed by atoms with E-state index in [0.717, 1.165) is 16.8 Å². The Bertz CT molecular complexity index is 973. The SMILES string of the molecule is CCc1ccc(C(NC(=O)CCn2cnc3sccc3c2=O)C(C)C)cc1. The summed E-state index contributed by atoms with van der Waals surface area (Å²) in [6.45, 7) is 6.64. The van der Waals surface area contributed by atoms with Gasteiger partial charge in [0.05, 0.1) is 17.8 Å². The number of nitrogens with zero attached hydrogens (tertiary/aromatic N) is 2. The lowest BCUT2D eigenvalue weighted by Crippen LogP contribution is -2.33. The maximum atomic E-state index is 12.5. The maximum absolute atomic E-state index is 12.5. The van der Waals surface area contributed by atoms with Crippen LogP contribution in [-0.4, -0.2) is 15.5 Å². The van der Waals surface area contributed by atoms with E-state index in [4.69, 9.17) is 0 Å². The van der Waals surface area contributed by atoms with Crippen LogP contribution >= 0.6 is 11.3 Å². The van der Waals surface area contributed by atoms with Crippen LogP contribution in [0.4, 0.5) is 0 Å². The molecule has 1 atom stereocenters. The molecule has 1 unspecified atom stereocenters. The summed E-state index contributed by atoms with van der Waals surface area (Å²) in [4.78, 5) is 29.9. The van der Waals surface area contributed by atoms with Gasteiger partial charge in [0, 0.05) is 13.0 Å². The van der Waals surface area contributed by atoms with Gasteiger partial charge in [-0.15, -0.1) is 11.3 Å². The van der Waals surface area contributed by atoms with E-state index in [2.05, 4.69) is 55.3 Å². The first-order chi connectivity index (χ1) is 13.0. The van der Waals surface area contributed by atoms with Gasteiger partial charge < -0.3 is 5.32 Å². The first-order valence-electron chi connectivity index (χ1n) is 9.30. The van der Waals surface area contributed by atoms with Crippen LogP contribution in [0.1, 0.15) is 44.4 Å². The van der Waals surface area contributed by atoms with Crippen molar-refractivity contribution in [1.29, 1.82) is 0 Å². The van der Waals surface area contributed by atoms with Gasteiger partial charge in [0.15, 0.2) is 0 Å². The fourth-order valence-corrected chi connectivity index (χ4v) is 3.84. The smallest absolute Gasteiger partial charge is 0.262 e. The number of nitrogens with one attached hydrogen (secondary N) is 1. The lowest BCUT2D eigenvalue weighted by atomic mass is 9.94. The third kappa shape index (κ3) is 4.45. The molecule has 0 aliphatic carbocycles. The Balaban J connectivity index is 1.66. The Morgan fingerprint density at radius 2 is 1.96 bits per heavy atom. The van der Waals surface area contributed by atoms with Crippen molar-refractivity contribution in [3.05, 3.63) is 63.5 Å². The second kappa shape index (κ2) is 8.48. The molecule has 5 nitrogen and oxygen atoms in total. The highest BCUT2D eigenvalue weighted by atomic mass is 32.1. The summed E-state index contributed by atoms with van der Waals surface area (Å²) >= 11 is 1.44. The van der Waals surface area contributed by atoms with Crippen LogP contribution in [0, 0.1) is 5.92 Å². The average Bonchev–Trinajstić information content (AvgIpc) is 3.15. The van der Waals surface area contributed by atoms with E-state index in [1.165, 1.54) is 27.8 Å². The maximum Gasteiger partial charge on any atom is 0.262 e. The Labute approximate surface area is 163 Å². The predicted octanol–water partition coefficient (Wildman–Crippen LogP) is 3.92. The van der Waals surface area contributed by atoms with Crippen molar-refractivity contribution in [2.24, 2.45) is 5.92 Å². The van der Waals surface area contributed by atoms with E-state index in [0.29, 0.717) is 11.9 Å². The number of carbonyl (C=O) groups excluding carboxylic acids is 1. The second-order valence-corrected chi connectivity index (χ2v) is 7.91. The molecule has 2 aromatic heterocycles. The third-order valence-electron chi connectivity index (χ3n) is 4.76. The first-order valence-corrected chi connectivity index (χ1v) is 10.2. The quantitative estimate of drug-likeness (QED) is 0.672. The molecule has 3 rings (SSSR count). The molecule has 142 valence electrons. The highest BCUT2D eigenvalue weighted by Crippen LogP contribution is 2.22. The number of carbonyl (C=O) groups is 1. The summed E-state index contributed by atoms with van der Waals surface area (Å²) in [5.74, 6) is 0.207. The molecule has 0 saturated heterocycles. The van der Waals surface area contributed by atoms with Gasteiger partial charge in [0.25, 0.3) is 5.56 Å². The van der Waals surface area contributed by atoms with E-state index in [9.17, 15) is 9.59 Å². The molecule has 3 aromatic rings. The number of hydrogen-bond acceptors (Lipinski definition) is 4. The monoisotopic (exact) mass is 383 g/mol. The minimum absolute atomic E-state index is 0.0439. The lowest BCUT2D eigenvalue weighted by molar-refractivity contribution is -0.122. The number of thiophene rings is 1. The Hall–Kier alpha value is -2.47. The van der Waals surface area contributed by atoms with E-state index < -0.39 is 0 Å². The number of aromatic nitrogens is 2. The number of fused-ring (bicyclic) bond motifs is 1. The predicted molar refractivity (Wildman–Crippen MR) is 110 cm³/mol. The van der Waals surface area contributed by atoms with Gasteiger partial charge in [-0.2, -0.15) is 0 Å². The van der Waals surface area contributed by atoms with Crippen molar-refractivity contribution >= 4 is 27.5 Å². The molecular weight excluding hydrogens is 358 g/mol. The molecule has 1 N–H and O–H groups in total. The zero-order valence-electron chi connectivity index (χ0n) is 15.9. The molecule has 0 saturated carbocycles. The summed E-state index contributed by atoms with van der Waals surface area (Å²) in [6, 6.07) is 10.1. The van der Waals surface area contributed by atoms with Gasteiger partial charge in [0.2, 0.25) is 5.91 Å². The topological polar surface area (TPSA) is 64.0 Å². The molecule has 6 heteroatoms. The zero-order valence-corrected chi connectivity index (χ0v) is 16.8. The van der Waals surface area contributed by atoms with Crippen molar-refractivity contribution in [2.45, 2.75) is 46.2 Å². The molecule has 0 fully saturated rings. The standard InChI is InChI=1S/C21H25N3O2S/c1-4-15-5-7-16(8-6-15)19(14(2)3)23-18(25)9-11-24-13-22-20-17(21(24)26)10-12-27-20/h5-8,10,12-14,19H,4,9,11H2,1-3H3,(H,23,25). The van der Waals surface area contributed by atoms with Gasteiger partial charge in [-0.05, 0) is 34.9 Å². The van der Waals surface area contributed by atoms with Gasteiger partial charge >= 0.3 is 0 Å². The van der Waals surface area contributed by atoms with Gasteiger partial charge in [-0.25, -0.2) is 4.98 Å². The molecule has 0 bridgehead atoms. The Morgan fingerprint density at radius 1 is 1.22 bits per heavy atom. The van der Waals surface area contributed by atoms with Crippen LogP contribution in [0.3, 0.4) is 0 Å². The summed E-state index contributed by atoms with van der Waals surface area (Å²) in [5, 5.41) is 5.58. The van der Waals surface area contributed by atoms with Crippen molar-refractivity contribution < 1.29 is 4.79 Å². The van der Waals surface area contributed by atoms with Crippen LogP contribution in [0.2, 0.25) is 0 Å². The number of amides is 1. The number of aryl methyl sites for hydroxylation is 2.